The molecule has 1 aliphatic heterocycles. The number of carbonyl (C=O) groups is 3. The molecule has 1 aliphatic rings. The van der Waals surface area contributed by atoms with Crippen LogP contribution in [0.2, 0.25) is 0 Å². The zero-order chi connectivity index (χ0) is 21.4. The Morgan fingerprint density at radius 1 is 0.935 bits per heavy atom. The third-order valence-corrected chi connectivity index (χ3v) is 6.03. The standard InChI is InChI=1S/C24H16N2O4S/c27-22-16-7-1-2-8-17(16)23(28)26(22)11-12-30-24(29)18-14-20(21-10-5-13-31-21)25-19-9-4-3-6-15(18)19/h1-10,13-14H,11-12H2. The molecule has 7 heteroatoms. The summed E-state index contributed by atoms with van der Waals surface area (Å²) in [5.74, 6) is -1.26. The molecule has 6 nitrogen and oxygen atoms in total. The first-order valence-corrected chi connectivity index (χ1v) is 10.6. The molecule has 0 N–H and O–H groups in total. The van der Waals surface area contributed by atoms with E-state index >= 15 is 0 Å². The fourth-order valence-corrected chi connectivity index (χ4v) is 4.33. The van der Waals surface area contributed by atoms with Crippen molar-refractivity contribution in [2.24, 2.45) is 0 Å². The molecule has 4 aromatic rings. The molecule has 0 spiro atoms. The van der Waals surface area contributed by atoms with Gasteiger partial charge in [0, 0.05) is 5.39 Å². The van der Waals surface area contributed by atoms with E-state index in [2.05, 4.69) is 4.98 Å². The van der Waals surface area contributed by atoms with Gasteiger partial charge in [0.15, 0.2) is 0 Å². The molecule has 2 aromatic carbocycles. The van der Waals surface area contributed by atoms with Gasteiger partial charge in [-0.05, 0) is 35.7 Å². The average molecular weight is 428 g/mol. The molecule has 152 valence electrons. The Morgan fingerprint density at radius 2 is 1.65 bits per heavy atom. The highest BCUT2D eigenvalue weighted by molar-refractivity contribution is 7.13. The number of nitrogens with zero attached hydrogens (tertiary/aromatic N) is 2. The third kappa shape index (κ3) is 3.39. The van der Waals surface area contributed by atoms with Crippen LogP contribution in [-0.4, -0.2) is 40.8 Å². The number of thiophene rings is 1. The van der Waals surface area contributed by atoms with Crippen molar-refractivity contribution in [3.05, 3.63) is 88.8 Å². The molecule has 0 bridgehead atoms. The minimum absolute atomic E-state index is 0.00111. The zero-order valence-corrected chi connectivity index (χ0v) is 17.1. The van der Waals surface area contributed by atoms with Crippen molar-refractivity contribution in [3.63, 3.8) is 0 Å². The highest BCUT2D eigenvalue weighted by atomic mass is 32.1. The Morgan fingerprint density at radius 3 is 2.35 bits per heavy atom. The Balaban J connectivity index is 1.36. The lowest BCUT2D eigenvalue weighted by Crippen LogP contribution is -2.33. The van der Waals surface area contributed by atoms with Gasteiger partial charge in [-0.2, -0.15) is 0 Å². The summed E-state index contributed by atoms with van der Waals surface area (Å²) in [5, 5.41) is 2.64. The molecule has 2 amide bonds. The van der Waals surface area contributed by atoms with E-state index in [-0.39, 0.29) is 25.0 Å². The van der Waals surface area contributed by atoms with Gasteiger partial charge in [-0.1, -0.05) is 36.4 Å². The predicted molar refractivity (Wildman–Crippen MR) is 117 cm³/mol. The van der Waals surface area contributed by atoms with Crippen molar-refractivity contribution in [2.75, 3.05) is 13.2 Å². The van der Waals surface area contributed by atoms with E-state index in [1.807, 2.05) is 41.8 Å². The summed E-state index contributed by atoms with van der Waals surface area (Å²) in [4.78, 5) is 44.5. The number of pyridine rings is 1. The van der Waals surface area contributed by atoms with Gasteiger partial charge in [0.25, 0.3) is 11.8 Å². The van der Waals surface area contributed by atoms with Crippen LogP contribution in [-0.2, 0) is 4.74 Å². The summed E-state index contributed by atoms with van der Waals surface area (Å²) in [6.07, 6.45) is 0. The van der Waals surface area contributed by atoms with Crippen LogP contribution in [0.15, 0.2) is 72.1 Å². The summed E-state index contributed by atoms with van der Waals surface area (Å²) in [6.45, 7) is -0.0891. The maximum absolute atomic E-state index is 12.9. The highest BCUT2D eigenvalue weighted by Crippen LogP contribution is 2.28. The van der Waals surface area contributed by atoms with E-state index in [0.717, 1.165) is 9.78 Å². The molecule has 0 saturated heterocycles. The molecule has 3 heterocycles. The van der Waals surface area contributed by atoms with Crippen molar-refractivity contribution in [1.82, 2.24) is 9.88 Å². The van der Waals surface area contributed by atoms with Crippen molar-refractivity contribution < 1.29 is 19.1 Å². The van der Waals surface area contributed by atoms with Gasteiger partial charge in [-0.25, -0.2) is 9.78 Å². The van der Waals surface area contributed by atoms with Crippen LogP contribution in [0, 0.1) is 0 Å². The van der Waals surface area contributed by atoms with E-state index < -0.39 is 5.97 Å². The molecule has 0 aliphatic carbocycles. The number of hydrogen-bond donors (Lipinski definition) is 0. The van der Waals surface area contributed by atoms with Gasteiger partial charge in [-0.15, -0.1) is 11.3 Å². The second kappa shape index (κ2) is 7.77. The topological polar surface area (TPSA) is 76.6 Å². The molecule has 31 heavy (non-hydrogen) atoms. The molecule has 0 unspecified atom stereocenters. The molecule has 5 rings (SSSR count). The number of benzene rings is 2. The van der Waals surface area contributed by atoms with Crippen molar-refractivity contribution in [2.45, 2.75) is 0 Å². The maximum Gasteiger partial charge on any atom is 0.338 e. The quantitative estimate of drug-likeness (QED) is 0.347. The number of para-hydroxylation sites is 1. The first-order chi connectivity index (χ1) is 15.1. The number of esters is 1. The van der Waals surface area contributed by atoms with Crippen LogP contribution in [0.1, 0.15) is 31.1 Å². The summed E-state index contributed by atoms with van der Waals surface area (Å²) >= 11 is 1.54. The van der Waals surface area contributed by atoms with Crippen molar-refractivity contribution in [1.29, 1.82) is 0 Å². The van der Waals surface area contributed by atoms with E-state index in [0.29, 0.717) is 33.3 Å². The third-order valence-electron chi connectivity index (χ3n) is 5.14. The molecule has 0 fully saturated rings. The lowest BCUT2D eigenvalue weighted by atomic mass is 10.1. The normalized spacial score (nSPS) is 13.0. The fourth-order valence-electron chi connectivity index (χ4n) is 3.64. The van der Waals surface area contributed by atoms with Crippen LogP contribution >= 0.6 is 11.3 Å². The number of rotatable bonds is 5. The van der Waals surface area contributed by atoms with Gasteiger partial charge < -0.3 is 4.74 Å². The predicted octanol–water partition coefficient (Wildman–Crippen LogP) is 4.42. The van der Waals surface area contributed by atoms with E-state index in [1.54, 1.807) is 30.3 Å². The summed E-state index contributed by atoms with van der Waals surface area (Å²) in [5.41, 5.74) is 2.54. The lowest BCUT2D eigenvalue weighted by Gasteiger charge is -2.14. The Kier molecular flexibility index (Phi) is 4.80. The number of fused-ring (bicyclic) bond motifs is 2. The molecular weight excluding hydrogens is 412 g/mol. The zero-order valence-electron chi connectivity index (χ0n) is 16.3. The van der Waals surface area contributed by atoms with E-state index in [4.69, 9.17) is 4.74 Å². The Labute approximate surface area is 181 Å². The molecule has 0 saturated carbocycles. The monoisotopic (exact) mass is 428 g/mol. The first kappa shape index (κ1) is 19.1. The number of aromatic nitrogens is 1. The molecular formula is C24H16N2O4S. The second-order valence-corrected chi connectivity index (χ2v) is 7.94. The van der Waals surface area contributed by atoms with Crippen LogP contribution in [0.4, 0.5) is 0 Å². The number of carbonyl (C=O) groups excluding carboxylic acids is 3. The molecule has 2 aromatic heterocycles. The van der Waals surface area contributed by atoms with Gasteiger partial charge in [0.2, 0.25) is 0 Å². The van der Waals surface area contributed by atoms with Crippen LogP contribution in [0.5, 0.6) is 0 Å². The number of hydrogen-bond acceptors (Lipinski definition) is 6. The minimum Gasteiger partial charge on any atom is -0.460 e. The van der Waals surface area contributed by atoms with Gasteiger partial charge in [-0.3, -0.25) is 14.5 Å². The Bertz CT molecular complexity index is 1300. The minimum atomic E-state index is -0.520. The van der Waals surface area contributed by atoms with Crippen molar-refractivity contribution >= 4 is 40.0 Å². The summed E-state index contributed by atoms with van der Waals surface area (Å²) in [7, 11) is 0. The van der Waals surface area contributed by atoms with Crippen LogP contribution in [0.25, 0.3) is 21.5 Å². The number of imide groups is 1. The fraction of sp³-hybridized carbons (Fsp3) is 0.0833. The second-order valence-electron chi connectivity index (χ2n) is 6.99. The number of ether oxygens (including phenoxy) is 1. The summed E-state index contributed by atoms with van der Waals surface area (Å²) < 4.78 is 5.46. The van der Waals surface area contributed by atoms with Gasteiger partial charge in [0.05, 0.1) is 39.3 Å². The first-order valence-electron chi connectivity index (χ1n) is 9.69. The number of amides is 2. The summed E-state index contributed by atoms with van der Waals surface area (Å²) in [6, 6.07) is 19.6. The van der Waals surface area contributed by atoms with Gasteiger partial charge >= 0.3 is 5.97 Å². The van der Waals surface area contributed by atoms with E-state index in [9.17, 15) is 14.4 Å². The molecule has 0 atom stereocenters. The Hall–Kier alpha value is -3.84. The van der Waals surface area contributed by atoms with Crippen LogP contribution < -0.4 is 0 Å². The van der Waals surface area contributed by atoms with E-state index in [1.165, 1.54) is 11.3 Å². The van der Waals surface area contributed by atoms with Crippen LogP contribution in [0.3, 0.4) is 0 Å². The van der Waals surface area contributed by atoms with Gasteiger partial charge in [0.1, 0.15) is 6.61 Å². The smallest absolute Gasteiger partial charge is 0.338 e. The SMILES string of the molecule is O=C(OCCN1C(=O)c2ccccc2C1=O)c1cc(-c2cccs2)nc2ccccc12. The average Bonchev–Trinajstić information content (AvgIpc) is 3.42. The maximum atomic E-state index is 12.9. The molecule has 0 radical (unpaired) electrons. The lowest BCUT2D eigenvalue weighted by molar-refractivity contribution is 0.0422. The van der Waals surface area contributed by atoms with Crippen molar-refractivity contribution in [3.8, 4) is 10.6 Å². The largest absolute Gasteiger partial charge is 0.460 e. The highest BCUT2D eigenvalue weighted by Gasteiger charge is 2.34.